The van der Waals surface area contributed by atoms with Gasteiger partial charge in [-0.3, -0.25) is 0 Å². The standard InChI is InChI=1S/C10H9BrN2S/c1-6-13-9(10(12)14-6)7-2-4-8(11)5-3-7/h2-5H,12H2,1H3. The summed E-state index contributed by atoms with van der Waals surface area (Å²) in [6.07, 6.45) is 0. The number of nitrogen functional groups attached to an aromatic ring is 1. The van der Waals surface area contributed by atoms with E-state index in [1.807, 2.05) is 31.2 Å². The molecule has 1 heterocycles. The second kappa shape index (κ2) is 3.71. The zero-order valence-corrected chi connectivity index (χ0v) is 10.0. The number of nitrogens with two attached hydrogens (primary N) is 1. The van der Waals surface area contributed by atoms with E-state index in [2.05, 4.69) is 20.9 Å². The van der Waals surface area contributed by atoms with Gasteiger partial charge in [0.1, 0.15) is 10.7 Å². The van der Waals surface area contributed by atoms with Crippen molar-refractivity contribution in [1.29, 1.82) is 0 Å². The minimum absolute atomic E-state index is 0.782. The van der Waals surface area contributed by atoms with Crippen LogP contribution in [0.2, 0.25) is 0 Å². The number of aromatic nitrogens is 1. The summed E-state index contributed by atoms with van der Waals surface area (Å²) >= 11 is 4.92. The zero-order valence-electron chi connectivity index (χ0n) is 7.62. The number of halogens is 1. The first kappa shape index (κ1) is 9.68. The van der Waals surface area contributed by atoms with Crippen LogP contribution in [0.5, 0.6) is 0 Å². The second-order valence-electron chi connectivity index (χ2n) is 2.95. The van der Waals surface area contributed by atoms with Crippen LogP contribution < -0.4 is 5.73 Å². The van der Waals surface area contributed by atoms with E-state index in [0.29, 0.717) is 0 Å². The van der Waals surface area contributed by atoms with Gasteiger partial charge >= 0.3 is 0 Å². The lowest BCUT2D eigenvalue weighted by atomic mass is 10.2. The molecular weight excluding hydrogens is 260 g/mol. The number of anilines is 1. The number of aryl methyl sites for hydroxylation is 1. The maximum atomic E-state index is 5.86. The van der Waals surface area contributed by atoms with Crippen molar-refractivity contribution in [2.45, 2.75) is 6.92 Å². The molecule has 0 atom stereocenters. The van der Waals surface area contributed by atoms with Crippen LogP contribution in [0.4, 0.5) is 5.00 Å². The van der Waals surface area contributed by atoms with E-state index in [4.69, 9.17) is 5.73 Å². The van der Waals surface area contributed by atoms with Gasteiger partial charge in [-0.15, -0.1) is 11.3 Å². The summed E-state index contributed by atoms with van der Waals surface area (Å²) in [6, 6.07) is 8.00. The molecule has 2 rings (SSSR count). The van der Waals surface area contributed by atoms with Crippen molar-refractivity contribution in [3.8, 4) is 11.3 Å². The smallest absolute Gasteiger partial charge is 0.114 e. The van der Waals surface area contributed by atoms with Crippen molar-refractivity contribution >= 4 is 32.3 Å². The van der Waals surface area contributed by atoms with Crippen LogP contribution in [0.15, 0.2) is 28.7 Å². The quantitative estimate of drug-likeness (QED) is 0.861. The van der Waals surface area contributed by atoms with Crippen molar-refractivity contribution in [3.63, 3.8) is 0 Å². The van der Waals surface area contributed by atoms with Gasteiger partial charge in [-0.25, -0.2) is 4.98 Å². The van der Waals surface area contributed by atoms with Crippen LogP contribution >= 0.6 is 27.3 Å². The molecule has 0 unspecified atom stereocenters. The molecule has 0 spiro atoms. The summed E-state index contributed by atoms with van der Waals surface area (Å²) in [4.78, 5) is 4.39. The molecule has 2 nitrogen and oxygen atoms in total. The molecule has 2 N–H and O–H groups in total. The van der Waals surface area contributed by atoms with E-state index < -0.39 is 0 Å². The van der Waals surface area contributed by atoms with Crippen molar-refractivity contribution in [3.05, 3.63) is 33.7 Å². The Morgan fingerprint density at radius 1 is 1.29 bits per heavy atom. The van der Waals surface area contributed by atoms with Gasteiger partial charge in [0.15, 0.2) is 0 Å². The SMILES string of the molecule is Cc1nc(-c2ccc(Br)cc2)c(N)s1. The van der Waals surface area contributed by atoms with Crippen LogP contribution in [-0.2, 0) is 0 Å². The van der Waals surface area contributed by atoms with Crippen molar-refractivity contribution in [1.82, 2.24) is 4.98 Å². The van der Waals surface area contributed by atoms with Crippen molar-refractivity contribution in [2.75, 3.05) is 5.73 Å². The monoisotopic (exact) mass is 268 g/mol. The molecule has 0 aliphatic heterocycles. The lowest BCUT2D eigenvalue weighted by Gasteiger charge is -1.97. The lowest BCUT2D eigenvalue weighted by molar-refractivity contribution is 1.30. The van der Waals surface area contributed by atoms with Gasteiger partial charge < -0.3 is 5.73 Å². The third kappa shape index (κ3) is 1.81. The molecular formula is C10H9BrN2S. The predicted molar refractivity (Wildman–Crippen MR) is 64.4 cm³/mol. The summed E-state index contributed by atoms with van der Waals surface area (Å²) < 4.78 is 1.06. The first-order valence-corrected chi connectivity index (χ1v) is 5.76. The highest BCUT2D eigenvalue weighted by molar-refractivity contribution is 9.10. The highest BCUT2D eigenvalue weighted by atomic mass is 79.9. The van der Waals surface area contributed by atoms with Crippen molar-refractivity contribution in [2.24, 2.45) is 0 Å². The summed E-state index contributed by atoms with van der Waals surface area (Å²) in [5, 5.41) is 1.78. The predicted octanol–water partition coefficient (Wildman–Crippen LogP) is 3.46. The summed E-state index contributed by atoms with van der Waals surface area (Å²) in [5.74, 6) is 0. The lowest BCUT2D eigenvalue weighted by Crippen LogP contribution is -1.85. The zero-order chi connectivity index (χ0) is 10.1. The first-order valence-electron chi connectivity index (χ1n) is 4.15. The van der Waals surface area contributed by atoms with E-state index in [0.717, 1.165) is 25.7 Å². The molecule has 0 aliphatic carbocycles. The molecule has 1 aromatic carbocycles. The Bertz CT molecular complexity index is 448. The van der Waals surface area contributed by atoms with E-state index in [-0.39, 0.29) is 0 Å². The molecule has 14 heavy (non-hydrogen) atoms. The van der Waals surface area contributed by atoms with E-state index in [9.17, 15) is 0 Å². The van der Waals surface area contributed by atoms with Gasteiger partial charge in [-0.05, 0) is 19.1 Å². The Labute approximate surface area is 94.9 Å². The first-order chi connectivity index (χ1) is 6.66. The Kier molecular flexibility index (Phi) is 2.56. The topological polar surface area (TPSA) is 38.9 Å². The highest BCUT2D eigenvalue weighted by Gasteiger charge is 2.07. The summed E-state index contributed by atoms with van der Waals surface area (Å²) in [7, 11) is 0. The van der Waals surface area contributed by atoms with E-state index in [1.165, 1.54) is 11.3 Å². The molecule has 0 fully saturated rings. The van der Waals surface area contributed by atoms with Crippen LogP contribution in [0, 0.1) is 6.92 Å². The second-order valence-corrected chi connectivity index (χ2v) is 5.10. The third-order valence-electron chi connectivity index (χ3n) is 1.88. The number of benzene rings is 1. The molecule has 2 aromatic rings. The Morgan fingerprint density at radius 3 is 2.43 bits per heavy atom. The third-order valence-corrected chi connectivity index (χ3v) is 3.21. The molecule has 0 saturated heterocycles. The molecule has 1 aromatic heterocycles. The van der Waals surface area contributed by atoms with Gasteiger partial charge in [0.25, 0.3) is 0 Å². The highest BCUT2D eigenvalue weighted by Crippen LogP contribution is 2.30. The molecule has 4 heteroatoms. The number of thiazole rings is 1. The van der Waals surface area contributed by atoms with Crippen LogP contribution in [-0.4, -0.2) is 4.98 Å². The van der Waals surface area contributed by atoms with Crippen LogP contribution in [0.25, 0.3) is 11.3 Å². The average molecular weight is 269 g/mol. The Hall–Kier alpha value is -0.870. The van der Waals surface area contributed by atoms with Gasteiger partial charge in [-0.2, -0.15) is 0 Å². The fraction of sp³-hybridized carbons (Fsp3) is 0.100. The normalized spacial score (nSPS) is 10.4. The van der Waals surface area contributed by atoms with Gasteiger partial charge in [0.2, 0.25) is 0 Å². The van der Waals surface area contributed by atoms with Gasteiger partial charge in [0, 0.05) is 10.0 Å². The summed E-state index contributed by atoms with van der Waals surface area (Å²) in [6.45, 7) is 1.96. The molecule has 0 bridgehead atoms. The molecule has 0 amide bonds. The molecule has 0 saturated carbocycles. The fourth-order valence-electron chi connectivity index (χ4n) is 1.26. The fourth-order valence-corrected chi connectivity index (χ4v) is 2.24. The number of nitrogens with zero attached hydrogens (tertiary/aromatic N) is 1. The largest absolute Gasteiger partial charge is 0.389 e. The maximum absolute atomic E-state index is 5.86. The average Bonchev–Trinajstić information content (AvgIpc) is 2.47. The van der Waals surface area contributed by atoms with Crippen molar-refractivity contribution < 1.29 is 0 Å². The number of hydrogen-bond acceptors (Lipinski definition) is 3. The maximum Gasteiger partial charge on any atom is 0.114 e. The van der Waals surface area contributed by atoms with Crippen LogP contribution in [0.3, 0.4) is 0 Å². The number of hydrogen-bond donors (Lipinski definition) is 1. The minimum Gasteiger partial charge on any atom is -0.389 e. The van der Waals surface area contributed by atoms with Gasteiger partial charge in [0.05, 0.1) is 5.01 Å². The Balaban J connectivity index is 2.49. The number of rotatable bonds is 1. The molecule has 72 valence electrons. The molecule has 0 radical (unpaired) electrons. The van der Waals surface area contributed by atoms with E-state index in [1.54, 1.807) is 0 Å². The van der Waals surface area contributed by atoms with Gasteiger partial charge in [-0.1, -0.05) is 28.1 Å². The van der Waals surface area contributed by atoms with Crippen LogP contribution in [0.1, 0.15) is 5.01 Å². The minimum atomic E-state index is 0.782. The summed E-state index contributed by atoms with van der Waals surface area (Å²) in [5.41, 5.74) is 7.81. The van der Waals surface area contributed by atoms with E-state index >= 15 is 0 Å². The Morgan fingerprint density at radius 2 is 1.93 bits per heavy atom. The molecule has 0 aliphatic rings.